The Bertz CT molecular complexity index is 3020. The minimum Gasteiger partial charge on any atom is -0.208 e. The third-order valence-corrected chi connectivity index (χ3v) is 11.3. The van der Waals surface area contributed by atoms with Gasteiger partial charge >= 0.3 is 0 Å². The van der Waals surface area contributed by atoms with Gasteiger partial charge in [0.2, 0.25) is 0 Å². The summed E-state index contributed by atoms with van der Waals surface area (Å²) < 4.78 is 2.55. The van der Waals surface area contributed by atoms with Crippen LogP contribution in [-0.4, -0.2) is 15.0 Å². The molecule has 51 heavy (non-hydrogen) atoms. The molecule has 0 radical (unpaired) electrons. The second-order valence-electron chi connectivity index (χ2n) is 13.2. The Morgan fingerprint density at radius 2 is 0.941 bits per heavy atom. The fraction of sp³-hybridized carbons (Fsp3) is 0. The Morgan fingerprint density at radius 1 is 0.314 bits per heavy atom. The quantitative estimate of drug-likeness (QED) is 0.188. The zero-order valence-corrected chi connectivity index (χ0v) is 28.2. The molecule has 2 heterocycles. The molecule has 2 aromatic heterocycles. The number of rotatable bonds is 4. The molecule has 0 atom stereocenters. The number of fused-ring (bicyclic) bond motifs is 8. The van der Waals surface area contributed by atoms with Crippen molar-refractivity contribution in [3.63, 3.8) is 0 Å². The van der Waals surface area contributed by atoms with E-state index in [2.05, 4.69) is 146 Å². The second kappa shape index (κ2) is 11.0. The predicted molar refractivity (Wildman–Crippen MR) is 214 cm³/mol. The van der Waals surface area contributed by atoms with E-state index >= 15 is 0 Å². The van der Waals surface area contributed by atoms with E-state index in [1.807, 2.05) is 29.5 Å². The Kier molecular flexibility index (Phi) is 6.12. The van der Waals surface area contributed by atoms with E-state index in [9.17, 15) is 0 Å². The van der Waals surface area contributed by atoms with E-state index in [1.54, 1.807) is 0 Å². The van der Waals surface area contributed by atoms with Crippen LogP contribution in [0.15, 0.2) is 164 Å². The Morgan fingerprint density at radius 3 is 1.75 bits per heavy atom. The fourth-order valence-electron chi connectivity index (χ4n) is 7.93. The smallest absolute Gasteiger partial charge is 0.164 e. The summed E-state index contributed by atoms with van der Waals surface area (Å²) in [7, 11) is 0. The molecule has 236 valence electrons. The van der Waals surface area contributed by atoms with Crippen molar-refractivity contribution in [1.29, 1.82) is 0 Å². The van der Waals surface area contributed by atoms with Crippen molar-refractivity contribution < 1.29 is 0 Å². The van der Waals surface area contributed by atoms with Gasteiger partial charge in [-0.3, -0.25) is 0 Å². The summed E-state index contributed by atoms with van der Waals surface area (Å²) in [6.45, 7) is 0. The van der Waals surface area contributed by atoms with Gasteiger partial charge in [-0.1, -0.05) is 127 Å². The van der Waals surface area contributed by atoms with Crippen LogP contribution in [0.25, 0.3) is 109 Å². The fourth-order valence-corrected chi connectivity index (χ4v) is 9.07. The lowest BCUT2D eigenvalue weighted by Crippen LogP contribution is -2.00. The third kappa shape index (κ3) is 4.40. The summed E-state index contributed by atoms with van der Waals surface area (Å²) in [5, 5.41) is 7.51. The van der Waals surface area contributed by atoms with Gasteiger partial charge in [0.1, 0.15) is 0 Å². The molecule has 1 aliphatic carbocycles. The van der Waals surface area contributed by atoms with Crippen molar-refractivity contribution in [2.24, 2.45) is 0 Å². The van der Waals surface area contributed by atoms with E-state index in [4.69, 9.17) is 15.0 Å². The first-order valence-electron chi connectivity index (χ1n) is 17.2. The highest BCUT2D eigenvalue weighted by molar-refractivity contribution is 7.26. The summed E-state index contributed by atoms with van der Waals surface area (Å²) in [4.78, 5) is 15.5. The maximum absolute atomic E-state index is 5.22. The number of hydrogen-bond donors (Lipinski definition) is 0. The van der Waals surface area contributed by atoms with Crippen molar-refractivity contribution in [2.45, 2.75) is 0 Å². The van der Waals surface area contributed by atoms with Gasteiger partial charge < -0.3 is 0 Å². The number of hydrogen-bond acceptors (Lipinski definition) is 4. The van der Waals surface area contributed by atoms with Gasteiger partial charge in [-0.25, -0.2) is 15.0 Å². The molecule has 0 spiro atoms. The van der Waals surface area contributed by atoms with Crippen LogP contribution in [-0.2, 0) is 0 Å². The van der Waals surface area contributed by atoms with Crippen LogP contribution in [0.4, 0.5) is 0 Å². The van der Waals surface area contributed by atoms with Gasteiger partial charge in [0.05, 0.1) is 0 Å². The van der Waals surface area contributed by atoms with Crippen LogP contribution in [0, 0.1) is 0 Å². The zero-order chi connectivity index (χ0) is 33.5. The highest BCUT2D eigenvalue weighted by atomic mass is 32.1. The summed E-state index contributed by atoms with van der Waals surface area (Å²) in [6, 6.07) is 58.3. The molecule has 10 aromatic rings. The van der Waals surface area contributed by atoms with E-state index < -0.39 is 0 Å². The van der Waals surface area contributed by atoms with Gasteiger partial charge in [-0.15, -0.1) is 11.3 Å². The van der Waals surface area contributed by atoms with Gasteiger partial charge in [0, 0.05) is 36.9 Å². The first-order valence-corrected chi connectivity index (χ1v) is 18.0. The second-order valence-corrected chi connectivity index (χ2v) is 14.3. The molecule has 0 unspecified atom stereocenters. The molecule has 0 N–H and O–H groups in total. The predicted octanol–water partition coefficient (Wildman–Crippen LogP) is 12.9. The standard InChI is InChI=1S/C47H27N3S/c1-3-12-28(13-4-1)38-26-32(24-30-16-7-8-17-33(30)38)47-49-45(29-14-5-2-6-15-29)48-46(50-47)31-22-23-41-40(25-31)44-37-21-11-20-36-34-18-9-10-19-35(34)39(43(36)37)27-42(44)51-41/h1-27H. The first kappa shape index (κ1) is 28.4. The normalized spacial score (nSPS) is 11.9. The molecule has 0 aliphatic heterocycles. The van der Waals surface area contributed by atoms with E-state index in [0.29, 0.717) is 17.5 Å². The molecule has 0 fully saturated rings. The van der Waals surface area contributed by atoms with Gasteiger partial charge in [-0.2, -0.15) is 0 Å². The first-order chi connectivity index (χ1) is 25.3. The Labute approximate surface area is 298 Å². The van der Waals surface area contributed by atoms with Crippen LogP contribution < -0.4 is 0 Å². The molecule has 0 bridgehead atoms. The van der Waals surface area contributed by atoms with Crippen molar-refractivity contribution in [3.8, 4) is 67.5 Å². The molecule has 8 aromatic carbocycles. The van der Waals surface area contributed by atoms with Crippen LogP contribution in [0.3, 0.4) is 0 Å². The van der Waals surface area contributed by atoms with Crippen LogP contribution in [0.2, 0.25) is 0 Å². The summed E-state index contributed by atoms with van der Waals surface area (Å²) in [5.74, 6) is 1.97. The van der Waals surface area contributed by atoms with Gasteiger partial charge in [0.15, 0.2) is 17.5 Å². The molecule has 0 saturated heterocycles. The topological polar surface area (TPSA) is 38.7 Å². The number of aromatic nitrogens is 3. The highest BCUT2D eigenvalue weighted by Crippen LogP contribution is 2.52. The van der Waals surface area contributed by atoms with Crippen LogP contribution >= 0.6 is 11.3 Å². The van der Waals surface area contributed by atoms with E-state index in [1.165, 1.54) is 58.6 Å². The number of nitrogens with zero attached hydrogens (tertiary/aromatic N) is 3. The van der Waals surface area contributed by atoms with E-state index in [0.717, 1.165) is 33.2 Å². The van der Waals surface area contributed by atoms with Crippen LogP contribution in [0.1, 0.15) is 0 Å². The number of thiophene rings is 1. The Balaban J connectivity index is 1.14. The SMILES string of the molecule is c1ccc(-c2nc(-c3cc(-c4ccccc4)c4ccccc4c3)nc(-c3ccc4sc5cc6c7c(cccc7c5c4c3)-c3ccccc3-6)n2)cc1. The lowest BCUT2D eigenvalue weighted by molar-refractivity contribution is 1.08. The molecular weight excluding hydrogens is 639 g/mol. The molecule has 3 nitrogen and oxygen atoms in total. The summed E-state index contributed by atoms with van der Waals surface area (Å²) in [5.41, 5.74) is 10.5. The molecule has 11 rings (SSSR count). The lowest BCUT2D eigenvalue weighted by Gasteiger charge is -2.12. The summed E-state index contributed by atoms with van der Waals surface area (Å²) >= 11 is 1.86. The lowest BCUT2D eigenvalue weighted by atomic mass is 9.95. The molecule has 0 amide bonds. The molecule has 1 aliphatic rings. The summed E-state index contributed by atoms with van der Waals surface area (Å²) in [6.07, 6.45) is 0. The maximum atomic E-state index is 5.22. The minimum atomic E-state index is 0.653. The zero-order valence-electron chi connectivity index (χ0n) is 27.3. The average Bonchev–Trinajstić information content (AvgIpc) is 3.74. The molecule has 4 heteroatoms. The van der Waals surface area contributed by atoms with Gasteiger partial charge in [0.25, 0.3) is 0 Å². The van der Waals surface area contributed by atoms with Crippen molar-refractivity contribution in [1.82, 2.24) is 15.0 Å². The number of benzene rings is 8. The highest BCUT2D eigenvalue weighted by Gasteiger charge is 2.24. The average molecular weight is 666 g/mol. The van der Waals surface area contributed by atoms with Crippen molar-refractivity contribution >= 4 is 53.1 Å². The minimum absolute atomic E-state index is 0.653. The van der Waals surface area contributed by atoms with Crippen LogP contribution in [0.5, 0.6) is 0 Å². The van der Waals surface area contributed by atoms with Crippen molar-refractivity contribution in [2.75, 3.05) is 0 Å². The Hall–Kier alpha value is -6.49. The van der Waals surface area contributed by atoms with Crippen molar-refractivity contribution in [3.05, 3.63) is 164 Å². The molecule has 0 saturated carbocycles. The van der Waals surface area contributed by atoms with Gasteiger partial charge in [-0.05, 0) is 91.3 Å². The molecular formula is C47H27N3S. The largest absolute Gasteiger partial charge is 0.208 e. The third-order valence-electron chi connectivity index (χ3n) is 10.2. The monoisotopic (exact) mass is 665 g/mol. The van der Waals surface area contributed by atoms with E-state index in [-0.39, 0.29) is 0 Å². The maximum Gasteiger partial charge on any atom is 0.164 e.